The number of anilines is 2. The maximum Gasteiger partial charge on any atom is 0.416 e. The summed E-state index contributed by atoms with van der Waals surface area (Å²) in [6.07, 6.45) is -3.01. The van der Waals surface area contributed by atoms with Gasteiger partial charge in [0.25, 0.3) is 0 Å². The molecule has 1 aliphatic carbocycles. The topological polar surface area (TPSA) is 53.5 Å². The van der Waals surface area contributed by atoms with Gasteiger partial charge in [-0.3, -0.25) is 14.5 Å². The number of amides is 2. The zero-order valence-electron chi connectivity index (χ0n) is 17.6. The van der Waals surface area contributed by atoms with Crippen LogP contribution in [-0.2, 0) is 15.8 Å². The molecule has 2 amide bonds. The van der Waals surface area contributed by atoms with Crippen LogP contribution in [0.25, 0.3) is 0 Å². The zero-order valence-corrected chi connectivity index (χ0v) is 18.3. The molecular weight excluding hydrogens is 469 g/mol. The lowest BCUT2D eigenvalue weighted by Gasteiger charge is -2.30. The molecule has 0 spiro atoms. The van der Waals surface area contributed by atoms with E-state index in [0.717, 1.165) is 28.0 Å². The van der Waals surface area contributed by atoms with Crippen LogP contribution in [0.3, 0.4) is 0 Å². The van der Waals surface area contributed by atoms with Gasteiger partial charge in [0, 0.05) is 30.6 Å². The molecule has 1 saturated carbocycles. The van der Waals surface area contributed by atoms with Crippen LogP contribution in [0.2, 0.25) is 5.02 Å². The fraction of sp³-hybridized carbons (Fsp3) is 0.409. The van der Waals surface area contributed by atoms with Crippen molar-refractivity contribution >= 4 is 34.9 Å². The Morgan fingerprint density at radius 3 is 2.52 bits per heavy atom. The highest BCUT2D eigenvalue weighted by molar-refractivity contribution is 6.31. The number of likely N-dealkylation sites (N-methyl/N-ethyl adjacent to an activating group) is 1. The van der Waals surface area contributed by atoms with E-state index in [9.17, 15) is 31.5 Å². The fourth-order valence-corrected chi connectivity index (χ4v) is 4.91. The molecule has 0 N–H and O–H groups in total. The highest BCUT2D eigenvalue weighted by atomic mass is 35.5. The number of hydrogen-bond donors (Lipinski definition) is 0. The second kappa shape index (κ2) is 8.23. The van der Waals surface area contributed by atoms with E-state index >= 15 is 0 Å². The normalized spacial score (nSPS) is 22.6. The van der Waals surface area contributed by atoms with Gasteiger partial charge in [-0.05, 0) is 38.0 Å². The highest BCUT2D eigenvalue weighted by Crippen LogP contribution is 2.46. The number of aryl methyl sites for hydroxylation is 1. The molecule has 0 radical (unpaired) electrons. The molecule has 11 heteroatoms. The Hall–Kier alpha value is -2.75. The third-order valence-electron chi connectivity index (χ3n) is 6.26. The molecule has 2 fully saturated rings. The Morgan fingerprint density at radius 1 is 1.15 bits per heavy atom. The van der Waals surface area contributed by atoms with Crippen molar-refractivity contribution in [3.8, 4) is 0 Å². The van der Waals surface area contributed by atoms with E-state index in [2.05, 4.69) is 4.98 Å². The average Bonchev–Trinajstić information content (AvgIpc) is 3.30. The van der Waals surface area contributed by atoms with E-state index in [4.69, 9.17) is 11.6 Å². The van der Waals surface area contributed by atoms with Gasteiger partial charge in [0.05, 0.1) is 16.3 Å². The fourth-order valence-electron chi connectivity index (χ4n) is 4.75. The first-order valence-electron chi connectivity index (χ1n) is 10.2. The SMILES string of the molecule is Cc1cc(C(F)(F)F)cc(N2C(=O)[C@@H]3CCC[C@@H]3[C@H]2C(=O)N(C)c2cc(Cl)c(F)cc2F)n1. The van der Waals surface area contributed by atoms with Gasteiger partial charge in [-0.15, -0.1) is 0 Å². The summed E-state index contributed by atoms with van der Waals surface area (Å²) >= 11 is 5.75. The summed E-state index contributed by atoms with van der Waals surface area (Å²) in [6, 6.07) is 1.89. The summed E-state index contributed by atoms with van der Waals surface area (Å²) < 4.78 is 68.2. The summed E-state index contributed by atoms with van der Waals surface area (Å²) in [4.78, 5) is 32.7. The Kier molecular flexibility index (Phi) is 5.84. The van der Waals surface area contributed by atoms with Crippen molar-refractivity contribution in [2.75, 3.05) is 16.8 Å². The maximum atomic E-state index is 14.4. The van der Waals surface area contributed by atoms with E-state index in [1.165, 1.54) is 14.0 Å². The van der Waals surface area contributed by atoms with Crippen molar-refractivity contribution in [3.05, 3.63) is 52.2 Å². The van der Waals surface area contributed by atoms with Gasteiger partial charge in [-0.1, -0.05) is 18.0 Å². The molecule has 1 aromatic carbocycles. The van der Waals surface area contributed by atoms with Crippen LogP contribution in [0.15, 0.2) is 24.3 Å². The van der Waals surface area contributed by atoms with E-state index in [-0.39, 0.29) is 17.2 Å². The van der Waals surface area contributed by atoms with Crippen molar-refractivity contribution < 1.29 is 31.5 Å². The van der Waals surface area contributed by atoms with E-state index in [1.54, 1.807) is 0 Å². The third kappa shape index (κ3) is 4.05. The minimum absolute atomic E-state index is 0.0283. The Balaban J connectivity index is 1.78. The molecule has 176 valence electrons. The Bertz CT molecular complexity index is 1140. The number of pyridine rings is 1. The lowest BCUT2D eigenvalue weighted by molar-refractivity contribution is -0.137. The molecule has 1 saturated heterocycles. The number of aromatic nitrogens is 1. The largest absolute Gasteiger partial charge is 0.416 e. The summed E-state index contributed by atoms with van der Waals surface area (Å²) in [5.74, 6) is -4.57. The van der Waals surface area contributed by atoms with Crippen molar-refractivity contribution in [1.82, 2.24) is 4.98 Å². The number of halogens is 6. The molecule has 0 unspecified atom stereocenters. The van der Waals surface area contributed by atoms with Gasteiger partial charge in [0.15, 0.2) is 0 Å². The van der Waals surface area contributed by atoms with E-state index in [1.807, 2.05) is 0 Å². The summed E-state index contributed by atoms with van der Waals surface area (Å²) in [5, 5.41) is -0.403. The number of rotatable bonds is 3. The number of alkyl halides is 3. The maximum absolute atomic E-state index is 14.4. The molecule has 5 nitrogen and oxygen atoms in total. The van der Waals surface area contributed by atoms with E-state index < -0.39 is 58.1 Å². The number of fused-ring (bicyclic) bond motifs is 1. The molecule has 3 atom stereocenters. The minimum atomic E-state index is -4.68. The number of benzene rings is 1. The molecule has 0 bridgehead atoms. The Morgan fingerprint density at radius 2 is 1.85 bits per heavy atom. The zero-order chi connectivity index (χ0) is 24.2. The lowest BCUT2D eigenvalue weighted by atomic mass is 9.92. The van der Waals surface area contributed by atoms with Gasteiger partial charge in [-0.2, -0.15) is 13.2 Å². The quantitative estimate of drug-likeness (QED) is 0.445. The predicted octanol–water partition coefficient (Wildman–Crippen LogP) is 5.13. The molecule has 2 aliphatic rings. The molecule has 1 aliphatic heterocycles. The van der Waals surface area contributed by atoms with Gasteiger partial charge < -0.3 is 4.90 Å². The molecule has 33 heavy (non-hydrogen) atoms. The highest BCUT2D eigenvalue weighted by Gasteiger charge is 2.55. The van der Waals surface area contributed by atoms with Gasteiger partial charge in [0.2, 0.25) is 11.8 Å². The standard InChI is InChI=1S/C22H19ClF5N3O2/c1-10-6-11(22(26,27)28)7-18(29-10)31-19(12-4-3-5-13(12)20(31)32)21(33)30(2)17-8-14(23)15(24)9-16(17)25/h6-9,12-13,19H,3-5H2,1-2H3/t12-,13+,19-/m0/s1. The molecule has 4 rings (SSSR count). The van der Waals surface area contributed by atoms with Gasteiger partial charge in [0.1, 0.15) is 23.5 Å². The predicted molar refractivity (Wildman–Crippen MR) is 111 cm³/mol. The van der Waals surface area contributed by atoms with Crippen LogP contribution in [0.1, 0.15) is 30.5 Å². The second-order valence-electron chi connectivity index (χ2n) is 8.32. The van der Waals surface area contributed by atoms with Gasteiger partial charge in [-0.25, -0.2) is 13.8 Å². The molecule has 1 aromatic heterocycles. The number of nitrogens with zero attached hydrogens (tertiary/aromatic N) is 3. The van der Waals surface area contributed by atoms with Crippen molar-refractivity contribution in [2.45, 2.75) is 38.4 Å². The number of hydrogen-bond acceptors (Lipinski definition) is 3. The lowest BCUT2D eigenvalue weighted by Crippen LogP contribution is -2.49. The second-order valence-corrected chi connectivity index (χ2v) is 8.73. The third-order valence-corrected chi connectivity index (χ3v) is 6.55. The van der Waals surface area contributed by atoms with Crippen LogP contribution in [0.5, 0.6) is 0 Å². The molecule has 2 aromatic rings. The van der Waals surface area contributed by atoms with Gasteiger partial charge >= 0.3 is 6.18 Å². The van der Waals surface area contributed by atoms with Crippen LogP contribution in [0.4, 0.5) is 33.5 Å². The first-order valence-corrected chi connectivity index (χ1v) is 10.6. The number of carbonyl (C=O) groups excluding carboxylic acids is 2. The monoisotopic (exact) mass is 487 g/mol. The van der Waals surface area contributed by atoms with E-state index in [0.29, 0.717) is 25.3 Å². The van der Waals surface area contributed by atoms with Crippen molar-refractivity contribution in [3.63, 3.8) is 0 Å². The summed E-state index contributed by atoms with van der Waals surface area (Å²) in [6.45, 7) is 1.36. The van der Waals surface area contributed by atoms with Crippen LogP contribution < -0.4 is 9.80 Å². The van der Waals surface area contributed by atoms with Crippen LogP contribution in [-0.4, -0.2) is 29.9 Å². The van der Waals surface area contributed by atoms with Crippen LogP contribution in [0, 0.1) is 30.4 Å². The Labute approximate surface area is 191 Å². The smallest absolute Gasteiger partial charge is 0.311 e. The molecular formula is C22H19ClF5N3O2. The first-order chi connectivity index (χ1) is 15.4. The van der Waals surface area contributed by atoms with Crippen LogP contribution >= 0.6 is 11.6 Å². The summed E-state index contributed by atoms with van der Waals surface area (Å²) in [7, 11) is 1.24. The van der Waals surface area contributed by atoms with Crippen molar-refractivity contribution in [2.24, 2.45) is 11.8 Å². The number of carbonyl (C=O) groups is 2. The average molecular weight is 488 g/mol. The van der Waals surface area contributed by atoms with Crippen molar-refractivity contribution in [1.29, 1.82) is 0 Å². The molecule has 2 heterocycles. The summed E-state index contributed by atoms with van der Waals surface area (Å²) in [5.41, 5.74) is -1.28. The first kappa shape index (κ1) is 23.4. The minimum Gasteiger partial charge on any atom is -0.311 e.